The van der Waals surface area contributed by atoms with E-state index >= 15 is 0 Å². The average Bonchev–Trinajstić information content (AvgIpc) is 2.81. The molecule has 6 heteroatoms. The number of nitrogens with one attached hydrogen (secondary N) is 1. The van der Waals surface area contributed by atoms with E-state index in [2.05, 4.69) is 15.3 Å². The topological polar surface area (TPSA) is 82.3 Å². The van der Waals surface area contributed by atoms with Gasteiger partial charge in [0.15, 0.2) is 0 Å². The molecule has 0 spiro atoms. The van der Waals surface area contributed by atoms with Gasteiger partial charge in [-0.2, -0.15) is 9.97 Å². The monoisotopic (exact) mass is 252 g/mol. The summed E-state index contributed by atoms with van der Waals surface area (Å²) in [4.78, 5) is 8.45. The van der Waals surface area contributed by atoms with Crippen molar-refractivity contribution in [3.05, 3.63) is 6.07 Å². The fourth-order valence-corrected chi connectivity index (χ4v) is 2.23. The second-order valence-electron chi connectivity index (χ2n) is 4.60. The van der Waals surface area contributed by atoms with Crippen LogP contribution >= 0.6 is 0 Å². The fourth-order valence-electron chi connectivity index (χ4n) is 2.23. The molecule has 6 nitrogen and oxygen atoms in total. The van der Waals surface area contributed by atoms with Crippen LogP contribution in [-0.2, 0) is 0 Å². The Labute approximate surface area is 107 Å². The smallest absolute Gasteiger partial charge is 0.229 e. The number of nitrogens with two attached hydrogens (primary N) is 1. The van der Waals surface area contributed by atoms with Crippen molar-refractivity contribution in [2.45, 2.75) is 25.3 Å². The standard InChI is InChI=1S/C12H20N4O2/c1-17-10-6-11(18-2)16-12(15-10)14-7-8-3-4-9(13)5-8/h6,8-9H,3-5,7,13H2,1-2H3,(H,14,15,16). The molecule has 0 amide bonds. The van der Waals surface area contributed by atoms with E-state index in [4.69, 9.17) is 15.2 Å². The minimum Gasteiger partial charge on any atom is -0.481 e. The largest absolute Gasteiger partial charge is 0.481 e. The highest BCUT2D eigenvalue weighted by atomic mass is 16.5. The summed E-state index contributed by atoms with van der Waals surface area (Å²) in [5, 5.41) is 3.22. The third kappa shape index (κ3) is 3.22. The van der Waals surface area contributed by atoms with Crippen molar-refractivity contribution >= 4 is 5.95 Å². The molecule has 100 valence electrons. The van der Waals surface area contributed by atoms with Crippen LogP contribution in [0.25, 0.3) is 0 Å². The van der Waals surface area contributed by atoms with E-state index in [9.17, 15) is 0 Å². The Morgan fingerprint density at radius 1 is 1.28 bits per heavy atom. The molecule has 0 aliphatic heterocycles. The Balaban J connectivity index is 1.95. The van der Waals surface area contributed by atoms with Crippen LogP contribution in [0.3, 0.4) is 0 Å². The van der Waals surface area contributed by atoms with Crippen LogP contribution in [0.1, 0.15) is 19.3 Å². The molecule has 0 aromatic carbocycles. The molecule has 1 aliphatic rings. The summed E-state index contributed by atoms with van der Waals surface area (Å²) in [5.74, 6) is 2.12. The predicted octanol–water partition coefficient (Wildman–Crippen LogP) is 1.03. The van der Waals surface area contributed by atoms with Gasteiger partial charge in [-0.3, -0.25) is 0 Å². The zero-order valence-corrected chi connectivity index (χ0v) is 10.8. The Morgan fingerprint density at radius 2 is 1.94 bits per heavy atom. The first-order valence-electron chi connectivity index (χ1n) is 6.17. The molecule has 2 unspecified atom stereocenters. The van der Waals surface area contributed by atoms with Gasteiger partial charge in [0.1, 0.15) is 0 Å². The first-order valence-corrected chi connectivity index (χ1v) is 6.17. The zero-order valence-electron chi connectivity index (χ0n) is 10.8. The van der Waals surface area contributed by atoms with Crippen molar-refractivity contribution in [3.63, 3.8) is 0 Å². The highest BCUT2D eigenvalue weighted by Crippen LogP contribution is 2.24. The number of nitrogens with zero attached hydrogens (tertiary/aromatic N) is 2. The van der Waals surface area contributed by atoms with Crippen molar-refractivity contribution in [2.75, 3.05) is 26.1 Å². The van der Waals surface area contributed by atoms with Crippen LogP contribution in [-0.4, -0.2) is 36.8 Å². The molecule has 3 N–H and O–H groups in total. The normalized spacial score (nSPS) is 22.8. The quantitative estimate of drug-likeness (QED) is 0.814. The van der Waals surface area contributed by atoms with Gasteiger partial charge in [0.05, 0.1) is 20.3 Å². The average molecular weight is 252 g/mol. The molecule has 1 aromatic rings. The molecule has 0 radical (unpaired) electrons. The van der Waals surface area contributed by atoms with E-state index in [0.717, 1.165) is 25.8 Å². The third-order valence-corrected chi connectivity index (χ3v) is 3.23. The highest BCUT2D eigenvalue weighted by Gasteiger charge is 2.21. The minimum absolute atomic E-state index is 0.345. The van der Waals surface area contributed by atoms with Crippen molar-refractivity contribution in [1.29, 1.82) is 0 Å². The molecule has 1 saturated carbocycles. The van der Waals surface area contributed by atoms with E-state index < -0.39 is 0 Å². The van der Waals surface area contributed by atoms with Crippen LogP contribution in [0.2, 0.25) is 0 Å². The maximum Gasteiger partial charge on any atom is 0.229 e. The van der Waals surface area contributed by atoms with Crippen molar-refractivity contribution < 1.29 is 9.47 Å². The van der Waals surface area contributed by atoms with E-state index in [1.54, 1.807) is 20.3 Å². The van der Waals surface area contributed by atoms with E-state index in [-0.39, 0.29) is 0 Å². The predicted molar refractivity (Wildman–Crippen MR) is 68.9 cm³/mol. The molecular weight excluding hydrogens is 232 g/mol. The Hall–Kier alpha value is -1.56. The maximum absolute atomic E-state index is 5.89. The fraction of sp³-hybridized carbons (Fsp3) is 0.667. The van der Waals surface area contributed by atoms with Gasteiger partial charge in [0.2, 0.25) is 17.7 Å². The molecule has 2 atom stereocenters. The van der Waals surface area contributed by atoms with Crippen LogP contribution in [0.15, 0.2) is 6.07 Å². The van der Waals surface area contributed by atoms with E-state index in [1.165, 1.54) is 0 Å². The Morgan fingerprint density at radius 3 is 2.44 bits per heavy atom. The summed E-state index contributed by atoms with van der Waals surface area (Å²) in [7, 11) is 3.14. The van der Waals surface area contributed by atoms with Crippen LogP contribution in [0, 0.1) is 5.92 Å². The van der Waals surface area contributed by atoms with Gasteiger partial charge in [-0.1, -0.05) is 0 Å². The minimum atomic E-state index is 0.345. The summed E-state index contributed by atoms with van der Waals surface area (Å²) in [6, 6.07) is 1.99. The zero-order chi connectivity index (χ0) is 13.0. The SMILES string of the molecule is COc1cc(OC)nc(NCC2CCC(N)C2)n1. The molecule has 1 aliphatic carbocycles. The second-order valence-corrected chi connectivity index (χ2v) is 4.60. The van der Waals surface area contributed by atoms with Crippen molar-refractivity contribution in [2.24, 2.45) is 11.7 Å². The molecular formula is C12H20N4O2. The van der Waals surface area contributed by atoms with Gasteiger partial charge in [-0.25, -0.2) is 0 Å². The molecule has 2 rings (SSSR count). The lowest BCUT2D eigenvalue weighted by Gasteiger charge is -2.12. The summed E-state index contributed by atoms with van der Waals surface area (Å²) < 4.78 is 10.2. The molecule has 1 fully saturated rings. The van der Waals surface area contributed by atoms with Gasteiger partial charge in [0.25, 0.3) is 0 Å². The second kappa shape index (κ2) is 5.86. The molecule has 1 aromatic heterocycles. The molecule has 18 heavy (non-hydrogen) atoms. The Bertz CT molecular complexity index is 377. The number of aromatic nitrogens is 2. The lowest BCUT2D eigenvalue weighted by atomic mass is 10.1. The van der Waals surface area contributed by atoms with Gasteiger partial charge in [-0.05, 0) is 25.2 Å². The van der Waals surface area contributed by atoms with Crippen LogP contribution in [0.5, 0.6) is 11.8 Å². The van der Waals surface area contributed by atoms with Crippen LogP contribution in [0.4, 0.5) is 5.95 Å². The number of hydrogen-bond donors (Lipinski definition) is 2. The number of methoxy groups -OCH3 is 2. The van der Waals surface area contributed by atoms with Crippen molar-refractivity contribution in [3.8, 4) is 11.8 Å². The van der Waals surface area contributed by atoms with Gasteiger partial charge >= 0.3 is 0 Å². The van der Waals surface area contributed by atoms with E-state index in [1.807, 2.05) is 0 Å². The Kier molecular flexibility index (Phi) is 4.19. The number of rotatable bonds is 5. The first-order chi connectivity index (χ1) is 8.71. The first kappa shape index (κ1) is 12.9. The lowest BCUT2D eigenvalue weighted by molar-refractivity contribution is 0.372. The van der Waals surface area contributed by atoms with Gasteiger partial charge < -0.3 is 20.5 Å². The van der Waals surface area contributed by atoms with Gasteiger partial charge in [-0.15, -0.1) is 0 Å². The lowest BCUT2D eigenvalue weighted by Crippen LogP contribution is -2.18. The molecule has 0 saturated heterocycles. The van der Waals surface area contributed by atoms with Gasteiger partial charge in [0, 0.05) is 12.6 Å². The number of hydrogen-bond acceptors (Lipinski definition) is 6. The molecule has 1 heterocycles. The highest BCUT2D eigenvalue weighted by molar-refractivity contribution is 5.33. The van der Waals surface area contributed by atoms with E-state index in [0.29, 0.717) is 29.7 Å². The summed E-state index contributed by atoms with van der Waals surface area (Å²) in [6.07, 6.45) is 3.33. The number of anilines is 1. The summed E-state index contributed by atoms with van der Waals surface area (Å²) in [5.41, 5.74) is 5.89. The molecule has 0 bridgehead atoms. The summed E-state index contributed by atoms with van der Waals surface area (Å²) >= 11 is 0. The third-order valence-electron chi connectivity index (χ3n) is 3.23. The summed E-state index contributed by atoms with van der Waals surface area (Å²) in [6.45, 7) is 0.837. The van der Waals surface area contributed by atoms with Crippen molar-refractivity contribution in [1.82, 2.24) is 9.97 Å². The van der Waals surface area contributed by atoms with Crippen LogP contribution < -0.4 is 20.5 Å². The maximum atomic E-state index is 5.89. The number of ether oxygens (including phenoxy) is 2.